The fourth-order valence-corrected chi connectivity index (χ4v) is 8.79. The lowest BCUT2D eigenvalue weighted by Gasteiger charge is -2.53. The summed E-state index contributed by atoms with van der Waals surface area (Å²) in [5.74, 6) is -5.23. The van der Waals surface area contributed by atoms with Gasteiger partial charge in [-0.3, -0.25) is 9.59 Å². The Hall–Kier alpha value is -2.63. The van der Waals surface area contributed by atoms with Gasteiger partial charge in [-0.15, -0.1) is 0 Å². The van der Waals surface area contributed by atoms with Gasteiger partial charge in [-0.2, -0.15) is 0 Å². The molecule has 0 aromatic carbocycles. The first-order chi connectivity index (χ1) is 21.5. The van der Waals surface area contributed by atoms with Gasteiger partial charge in [0.05, 0.1) is 24.4 Å². The quantitative estimate of drug-likeness (QED) is 0.0659. The summed E-state index contributed by atoms with van der Waals surface area (Å²) >= 11 is 0. The summed E-state index contributed by atoms with van der Waals surface area (Å²) in [5.41, 5.74) is -5.25. The topological polar surface area (TPSA) is 171 Å². The molecule has 256 valence electrons. The second kappa shape index (κ2) is 13.5. The molecule has 0 aliphatic heterocycles. The minimum absolute atomic E-state index is 0.168. The van der Waals surface area contributed by atoms with Crippen LogP contribution in [0.25, 0.3) is 0 Å². The molecule has 0 bridgehead atoms. The standard InChI is InChI=1S/C36H52O10/c1-7-8-9-10-11-14-26(39)27(40)15-12-13-16-29(41)45-32-22(3)35(44)25(30-33(5,6)36(30,32)46-23(4)38)18-24(20-37)19-34(43)28(35)17-21(2)31(34)42/h12-13,15-18,22,25-28,30,32,37,39-40,43-44H,7-11,14,19-20H2,1-6H3/b15-12+,16-13+/t22-,25+,26+,27+,28-,30-,32-,34-,35-,36-/m1/s1. The van der Waals surface area contributed by atoms with E-state index in [0.29, 0.717) is 17.6 Å². The molecule has 4 aliphatic carbocycles. The van der Waals surface area contributed by atoms with Crippen molar-refractivity contribution in [1.29, 1.82) is 0 Å². The second-order valence-corrected chi connectivity index (χ2v) is 14.4. The van der Waals surface area contributed by atoms with Gasteiger partial charge in [-0.1, -0.05) is 90.2 Å². The molecule has 0 radical (unpaired) electrons. The third kappa shape index (κ3) is 5.96. The van der Waals surface area contributed by atoms with Gasteiger partial charge in [-0.05, 0) is 24.5 Å². The molecule has 0 aromatic rings. The molecule has 2 saturated carbocycles. The fourth-order valence-electron chi connectivity index (χ4n) is 8.79. The van der Waals surface area contributed by atoms with E-state index in [4.69, 9.17) is 9.47 Å². The van der Waals surface area contributed by atoms with E-state index in [1.54, 1.807) is 26.0 Å². The molecule has 46 heavy (non-hydrogen) atoms. The summed E-state index contributed by atoms with van der Waals surface area (Å²) < 4.78 is 12.0. The van der Waals surface area contributed by atoms with E-state index in [0.717, 1.165) is 38.2 Å². The predicted molar refractivity (Wildman–Crippen MR) is 170 cm³/mol. The summed E-state index contributed by atoms with van der Waals surface area (Å²) in [6.07, 6.45) is 10.9. The Bertz CT molecular complexity index is 1310. The number of aliphatic hydroxyl groups is 5. The summed E-state index contributed by atoms with van der Waals surface area (Å²) in [5, 5.41) is 55.3. The van der Waals surface area contributed by atoms with E-state index in [1.807, 2.05) is 13.8 Å². The molecule has 2 fully saturated rings. The lowest BCUT2D eigenvalue weighted by atomic mass is 9.59. The van der Waals surface area contributed by atoms with Gasteiger partial charge < -0.3 is 35.0 Å². The van der Waals surface area contributed by atoms with Crippen molar-refractivity contribution in [2.75, 3.05) is 6.61 Å². The maximum absolute atomic E-state index is 13.3. The zero-order valence-electron chi connectivity index (χ0n) is 27.9. The summed E-state index contributed by atoms with van der Waals surface area (Å²) in [6, 6.07) is 0. The number of esters is 2. The molecule has 10 atom stereocenters. The number of unbranched alkanes of at least 4 members (excludes halogenated alkanes) is 4. The van der Waals surface area contributed by atoms with Gasteiger partial charge in [0.15, 0.2) is 11.4 Å². The number of Topliss-reactive ketones (excluding diaryl/α,β-unsaturated/α-hetero) is 1. The smallest absolute Gasteiger partial charge is 0.331 e. The lowest BCUT2D eigenvalue weighted by molar-refractivity contribution is -0.226. The van der Waals surface area contributed by atoms with Crippen LogP contribution in [0.3, 0.4) is 0 Å². The van der Waals surface area contributed by atoms with Crippen molar-refractivity contribution in [2.45, 2.75) is 122 Å². The number of hydrogen-bond acceptors (Lipinski definition) is 10. The largest absolute Gasteiger partial charge is 0.455 e. The van der Waals surface area contributed by atoms with Gasteiger partial charge >= 0.3 is 11.9 Å². The maximum atomic E-state index is 13.3. The van der Waals surface area contributed by atoms with E-state index in [2.05, 4.69) is 6.92 Å². The van der Waals surface area contributed by atoms with Crippen LogP contribution in [0.4, 0.5) is 0 Å². The van der Waals surface area contributed by atoms with Crippen molar-refractivity contribution in [3.8, 4) is 0 Å². The predicted octanol–water partition coefficient (Wildman–Crippen LogP) is 3.25. The second-order valence-electron chi connectivity index (χ2n) is 14.4. The average molecular weight is 645 g/mol. The molecule has 0 amide bonds. The van der Waals surface area contributed by atoms with Crippen molar-refractivity contribution in [3.63, 3.8) is 0 Å². The van der Waals surface area contributed by atoms with Crippen LogP contribution in [0.15, 0.2) is 47.6 Å². The van der Waals surface area contributed by atoms with Gasteiger partial charge in [-0.25, -0.2) is 4.79 Å². The van der Waals surface area contributed by atoms with Gasteiger partial charge in [0, 0.05) is 48.5 Å². The van der Waals surface area contributed by atoms with Crippen LogP contribution in [0.2, 0.25) is 0 Å². The van der Waals surface area contributed by atoms with Gasteiger partial charge in [0.25, 0.3) is 0 Å². The Labute approximate surface area is 271 Å². The van der Waals surface area contributed by atoms with Crippen molar-refractivity contribution in [3.05, 3.63) is 47.6 Å². The Morgan fingerprint density at radius 3 is 2.39 bits per heavy atom. The summed E-state index contributed by atoms with van der Waals surface area (Å²) in [4.78, 5) is 39.0. The Kier molecular flexibility index (Phi) is 10.6. The Morgan fingerprint density at radius 1 is 1.09 bits per heavy atom. The van der Waals surface area contributed by atoms with Crippen LogP contribution < -0.4 is 0 Å². The number of allylic oxidation sites excluding steroid dienone is 2. The highest BCUT2D eigenvalue weighted by Crippen LogP contribution is 2.77. The SMILES string of the molecule is CCCCCCC[C@H](O)[C@@H](O)/C=C/C=C/C(=O)O[C@@H]1[C@@H](C)[C@@]2(O)[C@@H](C=C(CO)C[C@]3(O)C(=O)C(C)=C[C@@H]23)[C@@H]2C(C)(C)[C@]12OC(C)=O. The molecule has 4 aliphatic rings. The molecular weight excluding hydrogens is 592 g/mol. The van der Waals surface area contributed by atoms with Crippen LogP contribution in [0.1, 0.15) is 86.5 Å². The van der Waals surface area contributed by atoms with Crippen LogP contribution in [-0.2, 0) is 23.9 Å². The number of rotatable bonds is 13. The van der Waals surface area contributed by atoms with Crippen molar-refractivity contribution in [2.24, 2.45) is 29.1 Å². The third-order valence-corrected chi connectivity index (χ3v) is 11.2. The normalized spacial score (nSPS) is 37.5. The van der Waals surface area contributed by atoms with E-state index in [9.17, 15) is 39.9 Å². The number of carbonyl (C=O) groups excluding carboxylic acids is 3. The monoisotopic (exact) mass is 644 g/mol. The lowest BCUT2D eigenvalue weighted by Crippen LogP contribution is -2.66. The highest BCUT2D eigenvalue weighted by molar-refractivity contribution is 6.04. The zero-order chi connectivity index (χ0) is 34.2. The molecule has 0 spiro atoms. The van der Waals surface area contributed by atoms with Crippen molar-refractivity contribution >= 4 is 17.7 Å². The van der Waals surface area contributed by atoms with Crippen LogP contribution in [-0.4, -0.2) is 85.0 Å². The number of fused-ring (bicyclic) bond motifs is 5. The average Bonchev–Trinajstić information content (AvgIpc) is 3.41. The molecule has 0 heterocycles. The third-order valence-electron chi connectivity index (χ3n) is 11.2. The summed E-state index contributed by atoms with van der Waals surface area (Å²) in [7, 11) is 0. The van der Waals surface area contributed by atoms with Gasteiger partial charge in [0.2, 0.25) is 0 Å². The van der Waals surface area contributed by atoms with Crippen LogP contribution >= 0.6 is 0 Å². The fraction of sp³-hybridized carbons (Fsp3) is 0.694. The van der Waals surface area contributed by atoms with E-state index in [1.165, 1.54) is 25.2 Å². The first-order valence-corrected chi connectivity index (χ1v) is 16.6. The highest BCUT2D eigenvalue weighted by atomic mass is 16.6. The summed E-state index contributed by atoms with van der Waals surface area (Å²) in [6.45, 7) is 9.92. The molecule has 5 N–H and O–H groups in total. The first kappa shape index (κ1) is 36.2. The molecule has 0 aromatic heterocycles. The molecule has 0 saturated heterocycles. The first-order valence-electron chi connectivity index (χ1n) is 16.6. The molecule has 0 unspecified atom stereocenters. The number of ether oxygens (including phenoxy) is 2. The van der Waals surface area contributed by atoms with Crippen molar-refractivity contribution < 1.29 is 49.4 Å². The minimum atomic E-state index is -2.00. The number of aliphatic hydroxyl groups excluding tert-OH is 3. The van der Waals surface area contributed by atoms with Gasteiger partial charge in [0.1, 0.15) is 11.7 Å². The van der Waals surface area contributed by atoms with Crippen LogP contribution in [0, 0.1) is 29.1 Å². The minimum Gasteiger partial charge on any atom is -0.455 e. The molecule has 10 nitrogen and oxygen atoms in total. The zero-order valence-corrected chi connectivity index (χ0v) is 27.9. The molecule has 10 heteroatoms. The van der Waals surface area contributed by atoms with E-state index >= 15 is 0 Å². The maximum Gasteiger partial charge on any atom is 0.331 e. The molecular formula is C36H52O10. The van der Waals surface area contributed by atoms with Crippen LogP contribution in [0.5, 0.6) is 0 Å². The van der Waals surface area contributed by atoms with E-state index in [-0.39, 0.29) is 6.42 Å². The Morgan fingerprint density at radius 2 is 1.76 bits per heavy atom. The Balaban J connectivity index is 1.60. The van der Waals surface area contributed by atoms with E-state index < -0.39 is 88.5 Å². The number of ketones is 1. The number of carbonyl (C=O) groups is 3. The number of hydrogen-bond donors (Lipinski definition) is 5. The van der Waals surface area contributed by atoms with Crippen molar-refractivity contribution in [1.82, 2.24) is 0 Å². The highest BCUT2D eigenvalue weighted by Gasteiger charge is 2.87. The molecule has 4 rings (SSSR count).